The number of aryl methyl sites for hydroxylation is 2. The van der Waals surface area contributed by atoms with Gasteiger partial charge >= 0.3 is 0 Å². The number of aliphatic hydroxyl groups is 1. The highest BCUT2D eigenvalue weighted by Gasteiger charge is 2.22. The first-order chi connectivity index (χ1) is 18.2. The third-order valence-electron chi connectivity index (χ3n) is 6.71. The highest BCUT2D eigenvalue weighted by Crippen LogP contribution is 2.28. The second-order valence-corrected chi connectivity index (χ2v) is 11.1. The van der Waals surface area contributed by atoms with Crippen molar-refractivity contribution in [2.24, 2.45) is 0 Å². The molecule has 2 aromatic carbocycles. The number of nitrogens with one attached hydrogen (secondary N) is 3. The fraction of sp³-hybridized carbons (Fsp3) is 0.346. The molecule has 0 aliphatic heterocycles. The third-order valence-corrected chi connectivity index (χ3v) is 8.09. The first-order valence-corrected chi connectivity index (χ1v) is 14.0. The molecule has 1 saturated carbocycles. The highest BCUT2D eigenvalue weighted by atomic mass is 32.2. The second-order valence-electron chi connectivity index (χ2n) is 9.46. The summed E-state index contributed by atoms with van der Waals surface area (Å²) in [4.78, 5) is 13.9. The maximum Gasteiger partial charge on any atom is 0.261 e. The molecule has 0 bridgehead atoms. The van der Waals surface area contributed by atoms with Gasteiger partial charge in [-0.2, -0.15) is 9.97 Å². The number of anilines is 4. The number of hydrogen-bond acceptors (Lipinski definition) is 8. The van der Waals surface area contributed by atoms with Crippen molar-refractivity contribution in [1.82, 2.24) is 19.5 Å². The summed E-state index contributed by atoms with van der Waals surface area (Å²) < 4.78 is 43.8. The summed E-state index contributed by atoms with van der Waals surface area (Å²) in [5.74, 6) is 0.430. The van der Waals surface area contributed by atoms with Crippen molar-refractivity contribution in [1.29, 1.82) is 0 Å². The molecule has 4 aromatic rings. The monoisotopic (exact) mass is 539 g/mol. The maximum atomic E-state index is 13.6. The van der Waals surface area contributed by atoms with Crippen molar-refractivity contribution in [3.8, 4) is 0 Å². The van der Waals surface area contributed by atoms with Crippen LogP contribution in [0.2, 0.25) is 0 Å². The quantitative estimate of drug-likeness (QED) is 0.256. The first-order valence-electron chi connectivity index (χ1n) is 12.6. The van der Waals surface area contributed by atoms with Gasteiger partial charge in [0.15, 0.2) is 17.0 Å². The molecule has 200 valence electrons. The normalized spacial score (nSPS) is 17.9. The van der Waals surface area contributed by atoms with Crippen LogP contribution < -0.4 is 15.4 Å². The van der Waals surface area contributed by atoms with Gasteiger partial charge in [-0.3, -0.25) is 4.72 Å². The summed E-state index contributed by atoms with van der Waals surface area (Å²) in [6, 6.07) is 10.3. The number of imidazole rings is 1. The van der Waals surface area contributed by atoms with Crippen molar-refractivity contribution in [3.05, 3.63) is 60.2 Å². The average molecular weight is 540 g/mol. The lowest BCUT2D eigenvalue weighted by atomic mass is 9.93. The van der Waals surface area contributed by atoms with E-state index in [1.165, 1.54) is 24.3 Å². The van der Waals surface area contributed by atoms with Gasteiger partial charge in [-0.25, -0.2) is 17.8 Å². The van der Waals surface area contributed by atoms with E-state index >= 15 is 0 Å². The van der Waals surface area contributed by atoms with Crippen LogP contribution in [0.3, 0.4) is 0 Å². The standard InChI is InChI=1S/C26H30FN7O3S/c1-3-34-15-28-23-24(31-26(32-25(23)34)30-19-6-10-20(35)11-7-19)29-18-8-12-21(13-9-18)38(36,37)33-22-14-17(27)5-4-16(22)2/h4-5,8-9,12-15,19-20,33,35H,3,6-7,10-11H2,1-2H3,(H2,29,30,31,32)/t19-,20-. The van der Waals surface area contributed by atoms with Crippen LogP contribution >= 0.6 is 0 Å². The lowest BCUT2D eigenvalue weighted by molar-refractivity contribution is 0.126. The van der Waals surface area contributed by atoms with E-state index in [9.17, 15) is 17.9 Å². The third kappa shape index (κ3) is 5.55. The molecule has 0 saturated heterocycles. The van der Waals surface area contributed by atoms with Crippen molar-refractivity contribution in [3.63, 3.8) is 0 Å². The zero-order valence-corrected chi connectivity index (χ0v) is 22.0. The minimum Gasteiger partial charge on any atom is -0.393 e. The number of halogens is 1. The molecular formula is C26H30FN7O3S. The van der Waals surface area contributed by atoms with E-state index in [0.29, 0.717) is 40.7 Å². The summed E-state index contributed by atoms with van der Waals surface area (Å²) in [5.41, 5.74) is 2.69. The van der Waals surface area contributed by atoms with Crippen LogP contribution in [0.1, 0.15) is 38.2 Å². The van der Waals surface area contributed by atoms with Gasteiger partial charge in [0.1, 0.15) is 5.82 Å². The van der Waals surface area contributed by atoms with Crippen molar-refractivity contribution >= 4 is 44.3 Å². The predicted octanol–water partition coefficient (Wildman–Crippen LogP) is 4.55. The van der Waals surface area contributed by atoms with Gasteiger partial charge in [-0.05, 0) is 81.5 Å². The Labute approximate surface area is 220 Å². The van der Waals surface area contributed by atoms with Crippen molar-refractivity contribution < 1.29 is 17.9 Å². The molecule has 1 aliphatic carbocycles. The van der Waals surface area contributed by atoms with Gasteiger partial charge in [-0.1, -0.05) is 6.07 Å². The summed E-state index contributed by atoms with van der Waals surface area (Å²) in [6.45, 7) is 4.39. The van der Waals surface area contributed by atoms with E-state index in [1.54, 1.807) is 25.4 Å². The fourth-order valence-corrected chi connectivity index (χ4v) is 5.61. The number of aromatic nitrogens is 4. The molecule has 4 N–H and O–H groups in total. The molecule has 0 radical (unpaired) electrons. The topological polar surface area (TPSA) is 134 Å². The van der Waals surface area contributed by atoms with Crippen LogP contribution in [0.5, 0.6) is 0 Å². The number of sulfonamides is 1. The Balaban J connectivity index is 1.38. The molecule has 10 nitrogen and oxygen atoms in total. The van der Waals surface area contributed by atoms with Crippen LogP contribution in [0.15, 0.2) is 53.7 Å². The first kappa shape index (κ1) is 25.9. The number of fused-ring (bicyclic) bond motifs is 1. The molecule has 0 atom stereocenters. The second kappa shape index (κ2) is 10.5. The summed E-state index contributed by atoms with van der Waals surface area (Å²) in [7, 11) is -3.92. The molecule has 0 spiro atoms. The zero-order chi connectivity index (χ0) is 26.9. The molecule has 38 heavy (non-hydrogen) atoms. The lowest BCUT2D eigenvalue weighted by Gasteiger charge is -2.26. The Kier molecular flexibility index (Phi) is 7.17. The van der Waals surface area contributed by atoms with Crippen LogP contribution in [-0.2, 0) is 16.6 Å². The van der Waals surface area contributed by atoms with Gasteiger partial charge in [0.05, 0.1) is 23.0 Å². The van der Waals surface area contributed by atoms with Gasteiger partial charge in [-0.15, -0.1) is 0 Å². The van der Waals surface area contributed by atoms with E-state index in [2.05, 4.69) is 30.3 Å². The Hall–Kier alpha value is -3.77. The van der Waals surface area contributed by atoms with Gasteiger partial charge in [0, 0.05) is 18.3 Å². The minimum atomic E-state index is -3.92. The van der Waals surface area contributed by atoms with Crippen LogP contribution in [0.25, 0.3) is 11.2 Å². The Bertz CT molecular complexity index is 1550. The Morgan fingerprint density at radius 2 is 1.82 bits per heavy atom. The lowest BCUT2D eigenvalue weighted by Crippen LogP contribution is -2.29. The van der Waals surface area contributed by atoms with Crippen molar-refractivity contribution in [2.75, 3.05) is 15.4 Å². The zero-order valence-electron chi connectivity index (χ0n) is 21.1. The highest BCUT2D eigenvalue weighted by molar-refractivity contribution is 7.92. The molecule has 2 heterocycles. The predicted molar refractivity (Wildman–Crippen MR) is 145 cm³/mol. The molecule has 1 fully saturated rings. The van der Waals surface area contributed by atoms with Crippen LogP contribution in [0, 0.1) is 12.7 Å². The van der Waals surface area contributed by atoms with E-state index in [4.69, 9.17) is 0 Å². The van der Waals surface area contributed by atoms with Gasteiger partial charge < -0.3 is 20.3 Å². The molecule has 5 rings (SSSR count). The largest absolute Gasteiger partial charge is 0.393 e. The van der Waals surface area contributed by atoms with Gasteiger partial charge in [0.2, 0.25) is 5.95 Å². The molecular weight excluding hydrogens is 509 g/mol. The Morgan fingerprint density at radius 3 is 2.53 bits per heavy atom. The number of nitrogens with zero attached hydrogens (tertiary/aromatic N) is 4. The summed E-state index contributed by atoms with van der Waals surface area (Å²) in [5, 5.41) is 16.4. The molecule has 0 unspecified atom stereocenters. The number of aliphatic hydroxyl groups excluding tert-OH is 1. The summed E-state index contributed by atoms with van der Waals surface area (Å²) >= 11 is 0. The maximum absolute atomic E-state index is 13.6. The fourth-order valence-electron chi connectivity index (χ4n) is 4.49. The summed E-state index contributed by atoms with van der Waals surface area (Å²) in [6.07, 6.45) is 4.59. The van der Waals surface area contributed by atoms with Gasteiger partial charge in [0.25, 0.3) is 10.0 Å². The number of benzene rings is 2. The molecule has 0 amide bonds. The number of hydrogen-bond donors (Lipinski definition) is 4. The SMILES string of the molecule is CCn1cnc2c(Nc3ccc(S(=O)(=O)Nc4cc(F)ccc4C)cc3)nc(N[C@H]3CC[C@H](O)CC3)nc21. The smallest absolute Gasteiger partial charge is 0.261 e. The van der Waals surface area contributed by atoms with E-state index in [-0.39, 0.29) is 22.7 Å². The van der Waals surface area contributed by atoms with E-state index < -0.39 is 15.8 Å². The number of rotatable bonds is 8. The van der Waals surface area contributed by atoms with E-state index in [0.717, 1.165) is 31.7 Å². The molecule has 2 aromatic heterocycles. The average Bonchev–Trinajstić information content (AvgIpc) is 3.31. The van der Waals surface area contributed by atoms with E-state index in [1.807, 2.05) is 11.5 Å². The minimum absolute atomic E-state index is 0.0386. The molecule has 12 heteroatoms. The Morgan fingerprint density at radius 1 is 1.08 bits per heavy atom. The van der Waals surface area contributed by atoms with Crippen molar-refractivity contribution in [2.45, 2.75) is 63.1 Å². The van der Waals surface area contributed by atoms with Crippen LogP contribution in [-0.4, -0.2) is 45.2 Å². The molecule has 1 aliphatic rings. The van der Waals surface area contributed by atoms with Crippen LogP contribution in [0.4, 0.5) is 27.5 Å².